The summed E-state index contributed by atoms with van der Waals surface area (Å²) in [5.74, 6) is 0.0195. The molecule has 2 N–H and O–H groups in total. The predicted molar refractivity (Wildman–Crippen MR) is 91.0 cm³/mol. The van der Waals surface area contributed by atoms with E-state index < -0.39 is 0 Å². The summed E-state index contributed by atoms with van der Waals surface area (Å²) in [5, 5.41) is 8.53. The van der Waals surface area contributed by atoms with E-state index in [1.807, 2.05) is 24.3 Å². The molecule has 1 saturated carbocycles. The van der Waals surface area contributed by atoms with Crippen LogP contribution in [0.1, 0.15) is 41.0 Å². The first kappa shape index (κ1) is 14.6. The molecule has 1 aromatic heterocycles. The first-order valence-electron chi connectivity index (χ1n) is 7.04. The van der Waals surface area contributed by atoms with E-state index in [1.165, 1.54) is 4.88 Å². The van der Waals surface area contributed by atoms with Crippen molar-refractivity contribution in [2.24, 2.45) is 0 Å². The van der Waals surface area contributed by atoms with Gasteiger partial charge in [-0.2, -0.15) is 0 Å². The number of carbonyl (C=O) groups is 1. The number of carbonyl (C=O) groups excluding carboxylic acids is 1. The molecule has 0 spiro atoms. The normalized spacial score (nSPS) is 15.5. The minimum Gasteiger partial charge on any atom is -0.378 e. The summed E-state index contributed by atoms with van der Waals surface area (Å²) in [4.78, 5) is 13.3. The largest absolute Gasteiger partial charge is 0.378 e. The van der Waals surface area contributed by atoms with Crippen molar-refractivity contribution >= 4 is 38.9 Å². The highest BCUT2D eigenvalue weighted by Gasteiger charge is 2.23. The number of anilines is 1. The minimum atomic E-state index is 0.0195. The van der Waals surface area contributed by atoms with Crippen molar-refractivity contribution in [1.29, 1.82) is 0 Å². The highest BCUT2D eigenvalue weighted by Crippen LogP contribution is 2.31. The van der Waals surface area contributed by atoms with Gasteiger partial charge in [0.2, 0.25) is 0 Å². The van der Waals surface area contributed by atoms with E-state index >= 15 is 0 Å². The van der Waals surface area contributed by atoms with E-state index in [1.54, 1.807) is 11.3 Å². The van der Waals surface area contributed by atoms with Crippen molar-refractivity contribution in [2.75, 3.05) is 5.32 Å². The number of benzene rings is 1. The van der Waals surface area contributed by atoms with Gasteiger partial charge in [0.05, 0.1) is 6.04 Å². The van der Waals surface area contributed by atoms with Crippen LogP contribution in [0, 0.1) is 0 Å². The van der Waals surface area contributed by atoms with Gasteiger partial charge in [-0.1, -0.05) is 6.07 Å². The Morgan fingerprint density at radius 2 is 2.19 bits per heavy atom. The summed E-state index contributed by atoms with van der Waals surface area (Å²) in [5.41, 5.74) is 1.68. The topological polar surface area (TPSA) is 41.1 Å². The van der Waals surface area contributed by atoms with E-state index in [0.29, 0.717) is 11.6 Å². The molecular weight excluding hydrogens is 348 g/mol. The quantitative estimate of drug-likeness (QED) is 0.815. The molecule has 3 rings (SSSR count). The first-order valence-corrected chi connectivity index (χ1v) is 8.71. The van der Waals surface area contributed by atoms with Gasteiger partial charge in [-0.25, -0.2) is 0 Å². The molecule has 110 valence electrons. The smallest absolute Gasteiger partial charge is 0.251 e. The Kier molecular flexibility index (Phi) is 4.31. The molecule has 0 saturated heterocycles. The lowest BCUT2D eigenvalue weighted by atomic mass is 10.1. The number of amides is 1. The third-order valence-electron chi connectivity index (χ3n) is 3.46. The average molecular weight is 365 g/mol. The van der Waals surface area contributed by atoms with Crippen molar-refractivity contribution < 1.29 is 4.79 Å². The van der Waals surface area contributed by atoms with E-state index in [-0.39, 0.29) is 11.9 Å². The molecule has 1 aliphatic rings. The molecule has 1 aliphatic carbocycles. The second-order valence-corrected chi connectivity index (χ2v) is 7.13. The van der Waals surface area contributed by atoms with Crippen LogP contribution in [-0.4, -0.2) is 11.9 Å². The van der Waals surface area contributed by atoms with Crippen LogP contribution >= 0.6 is 27.3 Å². The summed E-state index contributed by atoms with van der Waals surface area (Å²) in [7, 11) is 0. The van der Waals surface area contributed by atoms with Crippen LogP contribution in [0.4, 0.5) is 5.69 Å². The second kappa shape index (κ2) is 6.20. The fourth-order valence-electron chi connectivity index (χ4n) is 2.18. The second-order valence-electron chi connectivity index (χ2n) is 5.33. The first-order chi connectivity index (χ1) is 10.1. The lowest BCUT2D eigenvalue weighted by molar-refractivity contribution is 0.0951. The Morgan fingerprint density at radius 3 is 2.86 bits per heavy atom. The molecule has 1 amide bonds. The Labute approximate surface area is 136 Å². The fraction of sp³-hybridized carbons (Fsp3) is 0.312. The van der Waals surface area contributed by atoms with Crippen LogP contribution in [0.25, 0.3) is 0 Å². The third kappa shape index (κ3) is 3.66. The van der Waals surface area contributed by atoms with Gasteiger partial charge in [-0.3, -0.25) is 4.79 Å². The highest BCUT2D eigenvalue weighted by molar-refractivity contribution is 9.10. The Bertz CT molecular complexity index is 651. The van der Waals surface area contributed by atoms with Gasteiger partial charge in [0, 0.05) is 26.6 Å². The SMILES string of the molecule is CC(Nc1cccc(C(=O)NC2CC2)c1)c1sccc1Br. The molecule has 1 atom stereocenters. The summed E-state index contributed by atoms with van der Waals surface area (Å²) in [6.45, 7) is 2.12. The molecule has 0 aliphatic heterocycles. The fourth-order valence-corrected chi connectivity index (χ4v) is 3.90. The number of hydrogen-bond acceptors (Lipinski definition) is 3. The van der Waals surface area contributed by atoms with Gasteiger partial charge in [0.1, 0.15) is 0 Å². The van der Waals surface area contributed by atoms with Crippen LogP contribution in [0.2, 0.25) is 0 Å². The van der Waals surface area contributed by atoms with Crippen LogP contribution in [0.3, 0.4) is 0 Å². The zero-order valence-corrected chi connectivity index (χ0v) is 14.1. The number of halogens is 1. The van der Waals surface area contributed by atoms with Gasteiger partial charge in [-0.15, -0.1) is 11.3 Å². The number of nitrogens with one attached hydrogen (secondary N) is 2. The molecule has 0 radical (unpaired) electrons. The van der Waals surface area contributed by atoms with Crippen molar-refractivity contribution in [3.63, 3.8) is 0 Å². The molecule has 2 aromatic rings. The standard InChI is InChI=1S/C16H17BrN2OS/c1-10(15-14(17)7-8-21-15)18-13-4-2-3-11(9-13)16(20)19-12-5-6-12/h2-4,7-10,12,18H,5-6H2,1H3,(H,19,20). The van der Waals surface area contributed by atoms with E-state index in [2.05, 4.69) is 44.9 Å². The summed E-state index contributed by atoms with van der Waals surface area (Å²) >= 11 is 5.27. The molecule has 1 heterocycles. The molecule has 1 fully saturated rings. The Morgan fingerprint density at radius 1 is 1.38 bits per heavy atom. The van der Waals surface area contributed by atoms with Gasteiger partial charge in [0.25, 0.3) is 5.91 Å². The summed E-state index contributed by atoms with van der Waals surface area (Å²) in [6.07, 6.45) is 2.21. The number of hydrogen-bond donors (Lipinski definition) is 2. The monoisotopic (exact) mass is 364 g/mol. The van der Waals surface area contributed by atoms with Gasteiger partial charge in [-0.05, 0) is 65.3 Å². The lowest BCUT2D eigenvalue weighted by Gasteiger charge is -2.15. The molecule has 1 aromatic carbocycles. The number of rotatable bonds is 5. The van der Waals surface area contributed by atoms with Crippen LogP contribution in [0.5, 0.6) is 0 Å². The Balaban J connectivity index is 1.70. The van der Waals surface area contributed by atoms with Gasteiger partial charge < -0.3 is 10.6 Å². The average Bonchev–Trinajstić information content (AvgIpc) is 3.17. The van der Waals surface area contributed by atoms with Crippen LogP contribution in [0.15, 0.2) is 40.2 Å². The van der Waals surface area contributed by atoms with Crippen molar-refractivity contribution in [3.05, 3.63) is 50.6 Å². The molecule has 0 bridgehead atoms. The maximum Gasteiger partial charge on any atom is 0.251 e. The van der Waals surface area contributed by atoms with E-state index in [0.717, 1.165) is 23.0 Å². The maximum absolute atomic E-state index is 12.1. The third-order valence-corrected chi connectivity index (χ3v) is 5.51. The zero-order chi connectivity index (χ0) is 14.8. The van der Waals surface area contributed by atoms with E-state index in [9.17, 15) is 4.79 Å². The van der Waals surface area contributed by atoms with Crippen LogP contribution < -0.4 is 10.6 Å². The van der Waals surface area contributed by atoms with Gasteiger partial charge in [0.15, 0.2) is 0 Å². The van der Waals surface area contributed by atoms with E-state index in [4.69, 9.17) is 0 Å². The van der Waals surface area contributed by atoms with Crippen molar-refractivity contribution in [2.45, 2.75) is 31.8 Å². The van der Waals surface area contributed by atoms with Crippen molar-refractivity contribution in [3.8, 4) is 0 Å². The predicted octanol–water partition coefficient (Wildman–Crippen LogP) is 4.58. The molecule has 5 heteroatoms. The molecule has 21 heavy (non-hydrogen) atoms. The van der Waals surface area contributed by atoms with Gasteiger partial charge >= 0.3 is 0 Å². The minimum absolute atomic E-state index is 0.0195. The zero-order valence-electron chi connectivity index (χ0n) is 11.7. The number of thiophene rings is 1. The molecule has 3 nitrogen and oxygen atoms in total. The summed E-state index contributed by atoms with van der Waals surface area (Å²) in [6, 6.07) is 10.3. The lowest BCUT2D eigenvalue weighted by Crippen LogP contribution is -2.25. The molecular formula is C16H17BrN2OS. The highest BCUT2D eigenvalue weighted by atomic mass is 79.9. The summed E-state index contributed by atoms with van der Waals surface area (Å²) < 4.78 is 1.12. The molecule has 1 unspecified atom stereocenters. The maximum atomic E-state index is 12.1. The van der Waals surface area contributed by atoms with Crippen LogP contribution in [-0.2, 0) is 0 Å². The Hall–Kier alpha value is -1.33. The van der Waals surface area contributed by atoms with Crippen molar-refractivity contribution in [1.82, 2.24) is 5.32 Å².